The van der Waals surface area contributed by atoms with Gasteiger partial charge in [-0.1, -0.05) is 42.5 Å². The molecule has 150 valence electrons. The minimum absolute atomic E-state index is 0.416. The van der Waals surface area contributed by atoms with Gasteiger partial charge in [0.25, 0.3) is 5.91 Å². The van der Waals surface area contributed by atoms with Crippen molar-refractivity contribution in [3.05, 3.63) is 84.4 Å². The van der Waals surface area contributed by atoms with Crippen molar-refractivity contribution in [2.24, 2.45) is 0 Å². The van der Waals surface area contributed by atoms with Crippen LogP contribution in [0, 0.1) is 11.3 Å². The van der Waals surface area contributed by atoms with Crippen LogP contribution in [0.15, 0.2) is 78.9 Å². The highest BCUT2D eigenvalue weighted by molar-refractivity contribution is 5.93. The Morgan fingerprint density at radius 2 is 1.57 bits per heavy atom. The first-order valence-electron chi connectivity index (χ1n) is 9.34. The smallest absolute Gasteiger partial charge is 0.347 e. The van der Waals surface area contributed by atoms with Crippen molar-refractivity contribution in [1.29, 1.82) is 5.26 Å². The minimum Gasteiger partial charge on any atom is -0.479 e. The molecule has 0 aliphatic heterocycles. The van der Waals surface area contributed by atoms with Gasteiger partial charge in [0, 0.05) is 5.69 Å². The molecule has 0 aliphatic carbocycles. The van der Waals surface area contributed by atoms with Crippen LogP contribution in [0.25, 0.3) is 11.1 Å². The summed E-state index contributed by atoms with van der Waals surface area (Å²) in [7, 11) is 0. The van der Waals surface area contributed by atoms with Gasteiger partial charge in [-0.15, -0.1) is 0 Å². The molecule has 0 saturated carbocycles. The van der Waals surface area contributed by atoms with Crippen LogP contribution in [0.1, 0.15) is 12.5 Å². The molecule has 3 aromatic rings. The van der Waals surface area contributed by atoms with Crippen LogP contribution in [0.2, 0.25) is 0 Å². The number of ether oxygens (including phenoxy) is 2. The van der Waals surface area contributed by atoms with Gasteiger partial charge in [-0.3, -0.25) is 4.79 Å². The molecule has 0 aliphatic rings. The van der Waals surface area contributed by atoms with Gasteiger partial charge in [0.2, 0.25) is 0 Å². The summed E-state index contributed by atoms with van der Waals surface area (Å²) >= 11 is 0. The van der Waals surface area contributed by atoms with Crippen molar-refractivity contribution in [2.75, 3.05) is 11.9 Å². The Labute approximate surface area is 174 Å². The fraction of sp³-hybridized carbons (Fsp3) is 0.125. The summed E-state index contributed by atoms with van der Waals surface area (Å²) in [5.41, 5.74) is 3.22. The Balaban J connectivity index is 1.46. The zero-order valence-electron chi connectivity index (χ0n) is 16.4. The number of carbonyl (C=O) groups excluding carboxylic acids is 2. The summed E-state index contributed by atoms with van der Waals surface area (Å²) in [4.78, 5) is 24.1. The Morgan fingerprint density at radius 1 is 0.933 bits per heavy atom. The molecular formula is C24H20N2O4. The summed E-state index contributed by atoms with van der Waals surface area (Å²) in [6, 6.07) is 25.7. The van der Waals surface area contributed by atoms with Gasteiger partial charge in [0.05, 0.1) is 11.6 Å². The molecule has 3 aromatic carbocycles. The van der Waals surface area contributed by atoms with Crippen molar-refractivity contribution in [2.45, 2.75) is 13.0 Å². The number of nitrogens with zero attached hydrogens (tertiary/aromatic N) is 1. The van der Waals surface area contributed by atoms with E-state index in [-0.39, 0.29) is 0 Å². The molecule has 0 unspecified atom stereocenters. The van der Waals surface area contributed by atoms with Crippen LogP contribution in [0.3, 0.4) is 0 Å². The molecule has 0 spiro atoms. The van der Waals surface area contributed by atoms with E-state index >= 15 is 0 Å². The molecule has 0 aromatic heterocycles. The van der Waals surface area contributed by atoms with Crippen LogP contribution < -0.4 is 10.1 Å². The van der Waals surface area contributed by atoms with E-state index in [0.29, 0.717) is 17.0 Å². The molecule has 0 heterocycles. The van der Waals surface area contributed by atoms with Crippen LogP contribution in [0.5, 0.6) is 5.75 Å². The van der Waals surface area contributed by atoms with Gasteiger partial charge in [-0.25, -0.2) is 4.79 Å². The number of carbonyl (C=O) groups is 2. The van der Waals surface area contributed by atoms with Gasteiger partial charge >= 0.3 is 5.97 Å². The molecule has 6 nitrogen and oxygen atoms in total. The zero-order chi connectivity index (χ0) is 21.3. The van der Waals surface area contributed by atoms with E-state index in [2.05, 4.69) is 5.32 Å². The molecule has 0 fully saturated rings. The van der Waals surface area contributed by atoms with Gasteiger partial charge in [-0.2, -0.15) is 5.26 Å². The van der Waals surface area contributed by atoms with Crippen molar-refractivity contribution < 1.29 is 19.1 Å². The number of benzene rings is 3. The maximum atomic E-state index is 12.1. The molecular weight excluding hydrogens is 380 g/mol. The van der Waals surface area contributed by atoms with Crippen molar-refractivity contribution in [3.63, 3.8) is 0 Å². The quantitative estimate of drug-likeness (QED) is 0.601. The summed E-state index contributed by atoms with van der Waals surface area (Å²) in [6.07, 6.45) is -0.893. The predicted octanol–water partition coefficient (Wildman–Crippen LogP) is 4.17. The monoisotopic (exact) mass is 400 g/mol. The normalized spacial score (nSPS) is 11.1. The zero-order valence-corrected chi connectivity index (χ0v) is 16.4. The lowest BCUT2D eigenvalue weighted by Crippen LogP contribution is -2.29. The van der Waals surface area contributed by atoms with E-state index in [9.17, 15) is 9.59 Å². The standard InChI is InChI=1S/C24H20N2O4/c1-17(30-22-13-7-18(15-25)8-14-22)24(28)29-16-23(27)26-21-11-9-20(10-12-21)19-5-3-2-4-6-19/h2-14,17H,16H2,1H3,(H,26,27)/t17-/m0/s1. The SMILES string of the molecule is C[C@H](Oc1ccc(C#N)cc1)C(=O)OCC(=O)Nc1ccc(-c2ccccc2)cc1. The molecule has 1 atom stereocenters. The van der Waals surface area contributed by atoms with Gasteiger partial charge < -0.3 is 14.8 Å². The van der Waals surface area contributed by atoms with E-state index in [0.717, 1.165) is 11.1 Å². The number of esters is 1. The van der Waals surface area contributed by atoms with E-state index < -0.39 is 24.6 Å². The summed E-state index contributed by atoms with van der Waals surface area (Å²) in [5.74, 6) is -0.670. The Bertz CT molecular complexity index is 1040. The van der Waals surface area contributed by atoms with Crippen LogP contribution in [-0.2, 0) is 14.3 Å². The first-order chi connectivity index (χ1) is 14.5. The van der Waals surface area contributed by atoms with Crippen LogP contribution in [-0.4, -0.2) is 24.6 Å². The lowest BCUT2D eigenvalue weighted by molar-refractivity contribution is -0.153. The highest BCUT2D eigenvalue weighted by Crippen LogP contribution is 2.21. The van der Waals surface area contributed by atoms with E-state index in [4.69, 9.17) is 14.7 Å². The molecule has 0 bridgehead atoms. The highest BCUT2D eigenvalue weighted by Gasteiger charge is 2.18. The highest BCUT2D eigenvalue weighted by atomic mass is 16.6. The summed E-state index contributed by atoms with van der Waals surface area (Å²) in [6.45, 7) is 1.11. The second kappa shape index (κ2) is 9.89. The fourth-order valence-corrected chi connectivity index (χ4v) is 2.69. The number of nitrogens with one attached hydrogen (secondary N) is 1. The largest absolute Gasteiger partial charge is 0.479 e. The average molecular weight is 400 g/mol. The van der Waals surface area contributed by atoms with E-state index in [1.54, 1.807) is 36.4 Å². The second-order valence-electron chi connectivity index (χ2n) is 6.50. The number of anilines is 1. The lowest BCUT2D eigenvalue weighted by Gasteiger charge is -2.14. The molecule has 30 heavy (non-hydrogen) atoms. The maximum absolute atomic E-state index is 12.1. The first-order valence-corrected chi connectivity index (χ1v) is 9.34. The lowest BCUT2D eigenvalue weighted by atomic mass is 10.1. The minimum atomic E-state index is -0.893. The number of nitriles is 1. The van der Waals surface area contributed by atoms with E-state index in [1.165, 1.54) is 6.92 Å². The van der Waals surface area contributed by atoms with Crippen molar-refractivity contribution >= 4 is 17.6 Å². The third-order valence-corrected chi connectivity index (χ3v) is 4.25. The molecule has 0 saturated heterocycles. The third-order valence-electron chi connectivity index (χ3n) is 4.25. The topological polar surface area (TPSA) is 88.4 Å². The molecule has 3 rings (SSSR count). The summed E-state index contributed by atoms with van der Waals surface area (Å²) < 4.78 is 10.5. The van der Waals surface area contributed by atoms with Crippen molar-refractivity contribution in [3.8, 4) is 22.9 Å². The van der Waals surface area contributed by atoms with Gasteiger partial charge in [0.1, 0.15) is 5.75 Å². The fourth-order valence-electron chi connectivity index (χ4n) is 2.69. The maximum Gasteiger partial charge on any atom is 0.347 e. The van der Waals surface area contributed by atoms with Crippen molar-refractivity contribution in [1.82, 2.24) is 0 Å². The number of rotatable bonds is 7. The summed E-state index contributed by atoms with van der Waals surface area (Å²) in [5, 5.41) is 11.5. The van der Waals surface area contributed by atoms with Crippen LogP contribution >= 0.6 is 0 Å². The Hall–Kier alpha value is -4.11. The average Bonchev–Trinajstić information content (AvgIpc) is 2.79. The number of hydrogen-bond donors (Lipinski definition) is 1. The first kappa shape index (κ1) is 20.6. The van der Waals surface area contributed by atoms with E-state index in [1.807, 2.05) is 48.5 Å². The number of hydrogen-bond acceptors (Lipinski definition) is 5. The Morgan fingerprint density at radius 3 is 2.20 bits per heavy atom. The molecule has 1 N–H and O–H groups in total. The van der Waals surface area contributed by atoms with Crippen LogP contribution in [0.4, 0.5) is 5.69 Å². The predicted molar refractivity (Wildman–Crippen MR) is 113 cm³/mol. The van der Waals surface area contributed by atoms with Gasteiger partial charge in [0.15, 0.2) is 12.7 Å². The third kappa shape index (κ3) is 5.69. The molecule has 1 amide bonds. The van der Waals surface area contributed by atoms with Gasteiger partial charge in [-0.05, 0) is 54.4 Å². The molecule has 6 heteroatoms. The second-order valence-corrected chi connectivity index (χ2v) is 6.50. The number of amides is 1. The molecule has 0 radical (unpaired) electrons. The Kier molecular flexibility index (Phi) is 6.80.